The number of nitrogens with one attached hydrogen (secondary N) is 1. The third kappa shape index (κ3) is 6.21. The van der Waals surface area contributed by atoms with Gasteiger partial charge in [0, 0.05) is 6.04 Å². The van der Waals surface area contributed by atoms with Crippen molar-refractivity contribution < 1.29 is 0 Å². The first-order valence-electron chi connectivity index (χ1n) is 7.42. The Morgan fingerprint density at radius 2 is 1.76 bits per heavy atom. The number of aromatic nitrogens is 3. The molecule has 1 aromatic heterocycles. The molecule has 0 spiro atoms. The normalized spacial score (nSPS) is 11.2. The molecule has 5 heteroatoms. The fourth-order valence-corrected chi connectivity index (χ4v) is 1.89. The Labute approximate surface area is 127 Å². The summed E-state index contributed by atoms with van der Waals surface area (Å²) in [5.41, 5.74) is 6.93. The monoisotopic (exact) mass is 287 g/mol. The maximum absolute atomic E-state index is 5.60. The lowest BCUT2D eigenvalue weighted by Gasteiger charge is -2.14. The Hall–Kier alpha value is -2.17. The van der Waals surface area contributed by atoms with Gasteiger partial charge in [-0.15, -0.1) is 0 Å². The second-order valence-electron chi connectivity index (χ2n) is 4.63. The molecule has 2 rings (SSSR count). The average Bonchev–Trinajstić information content (AvgIpc) is 2.47. The van der Waals surface area contributed by atoms with Crippen molar-refractivity contribution in [1.82, 2.24) is 15.0 Å². The maximum Gasteiger partial charge on any atom is 0.227 e. The van der Waals surface area contributed by atoms with Gasteiger partial charge in [-0.25, -0.2) is 0 Å². The number of hydrogen-bond donors (Lipinski definition) is 2. The molecule has 0 aliphatic carbocycles. The van der Waals surface area contributed by atoms with E-state index in [2.05, 4.69) is 51.5 Å². The summed E-state index contributed by atoms with van der Waals surface area (Å²) in [5.74, 6) is 1.43. The van der Waals surface area contributed by atoms with Gasteiger partial charge in [-0.1, -0.05) is 44.2 Å². The fourth-order valence-electron chi connectivity index (χ4n) is 1.89. The van der Waals surface area contributed by atoms with Crippen LogP contribution in [-0.2, 0) is 6.42 Å². The first-order chi connectivity index (χ1) is 10.1. The Bertz CT molecular complexity index is 507. The molecule has 0 saturated heterocycles. The highest BCUT2D eigenvalue weighted by molar-refractivity contribution is 5.31. The van der Waals surface area contributed by atoms with Crippen molar-refractivity contribution in [2.75, 3.05) is 11.1 Å². The molecular formula is C16H25N5. The lowest BCUT2D eigenvalue weighted by atomic mass is 10.1. The molecule has 0 amide bonds. The van der Waals surface area contributed by atoms with E-state index in [1.165, 1.54) is 5.56 Å². The summed E-state index contributed by atoms with van der Waals surface area (Å²) in [6.45, 7) is 7.91. The van der Waals surface area contributed by atoms with Crippen LogP contribution in [0.1, 0.15) is 38.6 Å². The number of hydrogen-bond acceptors (Lipinski definition) is 5. The van der Waals surface area contributed by atoms with E-state index >= 15 is 0 Å². The van der Waals surface area contributed by atoms with Crippen molar-refractivity contribution >= 4 is 11.9 Å². The number of nitrogens with zero attached hydrogens (tertiary/aromatic N) is 3. The molecule has 0 saturated carbocycles. The molecule has 0 aliphatic heterocycles. The summed E-state index contributed by atoms with van der Waals surface area (Å²) in [5, 5.41) is 3.25. The molecular weight excluding hydrogens is 262 g/mol. The van der Waals surface area contributed by atoms with E-state index in [1.54, 1.807) is 6.92 Å². The minimum Gasteiger partial charge on any atom is -0.368 e. The summed E-state index contributed by atoms with van der Waals surface area (Å²) >= 11 is 0. The highest BCUT2D eigenvalue weighted by atomic mass is 15.2. The second kappa shape index (κ2) is 8.89. The summed E-state index contributed by atoms with van der Waals surface area (Å²) in [4.78, 5) is 12.2. The number of rotatable bonds is 5. The minimum absolute atomic E-state index is 0.255. The van der Waals surface area contributed by atoms with Crippen molar-refractivity contribution in [2.24, 2.45) is 0 Å². The highest BCUT2D eigenvalue weighted by Crippen LogP contribution is 2.09. The quantitative estimate of drug-likeness (QED) is 0.883. The predicted octanol–water partition coefficient (Wildman–Crippen LogP) is 3.22. The van der Waals surface area contributed by atoms with Crippen molar-refractivity contribution in [1.29, 1.82) is 0 Å². The predicted molar refractivity (Wildman–Crippen MR) is 88.2 cm³/mol. The molecule has 0 unspecified atom stereocenters. The molecule has 114 valence electrons. The van der Waals surface area contributed by atoms with E-state index < -0.39 is 0 Å². The number of benzene rings is 1. The van der Waals surface area contributed by atoms with Crippen LogP contribution in [0.25, 0.3) is 0 Å². The lowest BCUT2D eigenvalue weighted by molar-refractivity contribution is 0.697. The maximum atomic E-state index is 5.60. The van der Waals surface area contributed by atoms with Crippen LogP contribution in [0.15, 0.2) is 30.3 Å². The third-order valence-corrected chi connectivity index (χ3v) is 2.85. The van der Waals surface area contributed by atoms with Gasteiger partial charge in [0.2, 0.25) is 11.9 Å². The number of nitrogen functional groups attached to an aromatic ring is 1. The minimum atomic E-state index is 0.255. The Morgan fingerprint density at radius 3 is 2.38 bits per heavy atom. The van der Waals surface area contributed by atoms with Gasteiger partial charge in [0.1, 0.15) is 5.82 Å². The van der Waals surface area contributed by atoms with Crippen LogP contribution in [0, 0.1) is 6.92 Å². The van der Waals surface area contributed by atoms with Crippen molar-refractivity contribution in [2.45, 2.75) is 46.6 Å². The average molecular weight is 287 g/mol. The summed E-state index contributed by atoms with van der Waals surface area (Å²) < 4.78 is 0. The van der Waals surface area contributed by atoms with Crippen molar-refractivity contribution in [3.05, 3.63) is 41.7 Å². The molecule has 0 bridgehead atoms. The number of aryl methyl sites for hydroxylation is 2. The van der Waals surface area contributed by atoms with Crippen LogP contribution >= 0.6 is 0 Å². The standard InChI is InChI=1S/C14H19N5.C2H6/c1-10(8-9-12-6-4-3-5-7-12)16-14-18-11(2)17-13(15)19-14;1-2/h3-7,10H,8-9H2,1-2H3,(H3,15,16,17,18,19);1-2H3/t10-;/m1./s1. The first-order valence-corrected chi connectivity index (χ1v) is 7.42. The molecule has 2 aromatic rings. The zero-order valence-electron chi connectivity index (χ0n) is 13.3. The molecule has 3 N–H and O–H groups in total. The van der Waals surface area contributed by atoms with Crippen LogP contribution in [0.5, 0.6) is 0 Å². The summed E-state index contributed by atoms with van der Waals surface area (Å²) in [6.07, 6.45) is 2.03. The molecule has 0 fully saturated rings. The first kappa shape index (κ1) is 16.9. The van der Waals surface area contributed by atoms with E-state index in [1.807, 2.05) is 19.9 Å². The number of anilines is 2. The molecule has 5 nitrogen and oxygen atoms in total. The van der Waals surface area contributed by atoms with Gasteiger partial charge in [-0.3, -0.25) is 0 Å². The molecule has 1 heterocycles. The Morgan fingerprint density at radius 1 is 1.10 bits per heavy atom. The van der Waals surface area contributed by atoms with E-state index in [4.69, 9.17) is 5.73 Å². The zero-order chi connectivity index (χ0) is 15.7. The largest absolute Gasteiger partial charge is 0.368 e. The van der Waals surface area contributed by atoms with Gasteiger partial charge in [-0.05, 0) is 32.3 Å². The molecule has 0 radical (unpaired) electrons. The van der Waals surface area contributed by atoms with Crippen molar-refractivity contribution in [3.8, 4) is 0 Å². The second-order valence-corrected chi connectivity index (χ2v) is 4.63. The van der Waals surface area contributed by atoms with Crippen molar-refractivity contribution in [3.63, 3.8) is 0 Å². The van der Waals surface area contributed by atoms with Gasteiger partial charge in [0.15, 0.2) is 0 Å². The van der Waals surface area contributed by atoms with Gasteiger partial charge >= 0.3 is 0 Å². The lowest BCUT2D eigenvalue weighted by Crippen LogP contribution is -2.19. The molecule has 1 atom stereocenters. The van der Waals surface area contributed by atoms with Gasteiger partial charge < -0.3 is 11.1 Å². The SMILES string of the molecule is CC.Cc1nc(N)nc(N[C@H](C)CCc2ccccc2)n1. The van der Waals surface area contributed by atoms with Crippen LogP contribution in [0.3, 0.4) is 0 Å². The zero-order valence-corrected chi connectivity index (χ0v) is 13.3. The Balaban J connectivity index is 0.00000106. The van der Waals surface area contributed by atoms with E-state index in [0.717, 1.165) is 12.8 Å². The third-order valence-electron chi connectivity index (χ3n) is 2.85. The van der Waals surface area contributed by atoms with Crippen LogP contribution in [-0.4, -0.2) is 21.0 Å². The Kier molecular flexibility index (Phi) is 7.15. The molecule has 1 aromatic carbocycles. The summed E-state index contributed by atoms with van der Waals surface area (Å²) in [7, 11) is 0. The van der Waals surface area contributed by atoms with Crippen LogP contribution in [0.2, 0.25) is 0 Å². The summed E-state index contributed by atoms with van der Waals surface area (Å²) in [6, 6.07) is 10.7. The van der Waals surface area contributed by atoms with Crippen LogP contribution < -0.4 is 11.1 Å². The number of nitrogens with two attached hydrogens (primary N) is 1. The fraction of sp³-hybridized carbons (Fsp3) is 0.438. The van der Waals surface area contributed by atoms with E-state index in [-0.39, 0.29) is 12.0 Å². The van der Waals surface area contributed by atoms with Crippen LogP contribution in [0.4, 0.5) is 11.9 Å². The molecule has 0 aliphatic rings. The highest BCUT2D eigenvalue weighted by Gasteiger charge is 2.06. The van der Waals surface area contributed by atoms with Gasteiger partial charge in [0.05, 0.1) is 0 Å². The smallest absolute Gasteiger partial charge is 0.227 e. The van der Waals surface area contributed by atoms with Gasteiger partial charge in [-0.2, -0.15) is 15.0 Å². The van der Waals surface area contributed by atoms with E-state index in [0.29, 0.717) is 11.8 Å². The van der Waals surface area contributed by atoms with Gasteiger partial charge in [0.25, 0.3) is 0 Å². The topological polar surface area (TPSA) is 76.7 Å². The van der Waals surface area contributed by atoms with E-state index in [9.17, 15) is 0 Å². The molecule has 21 heavy (non-hydrogen) atoms.